The topological polar surface area (TPSA) is 102 Å². The van der Waals surface area contributed by atoms with Crippen molar-refractivity contribution in [3.05, 3.63) is 50.6 Å². The number of rotatable bonds is 3. The van der Waals surface area contributed by atoms with Gasteiger partial charge >= 0.3 is 5.69 Å². The lowest BCUT2D eigenvalue weighted by atomic mass is 10.3. The van der Waals surface area contributed by atoms with E-state index in [1.807, 2.05) is 0 Å². The molecule has 20 heavy (non-hydrogen) atoms. The second-order valence-electron chi connectivity index (χ2n) is 3.42. The summed E-state index contributed by atoms with van der Waals surface area (Å²) in [6, 6.07) is 3.52. The van der Waals surface area contributed by atoms with Gasteiger partial charge < -0.3 is 4.74 Å². The first-order valence-electron chi connectivity index (χ1n) is 5.05. The van der Waals surface area contributed by atoms with Crippen LogP contribution in [0.2, 0.25) is 0 Å². The maximum Gasteiger partial charge on any atom is 0.312 e. The van der Waals surface area contributed by atoms with Crippen LogP contribution in [0.15, 0.2) is 29.0 Å². The number of nitro groups is 1. The van der Waals surface area contributed by atoms with E-state index in [0.717, 1.165) is 12.1 Å². The van der Waals surface area contributed by atoms with Crippen LogP contribution in [0.4, 0.5) is 10.1 Å². The van der Waals surface area contributed by atoms with Crippen molar-refractivity contribution in [2.75, 3.05) is 0 Å². The van der Waals surface area contributed by atoms with Crippen molar-refractivity contribution in [1.82, 2.24) is 9.97 Å². The van der Waals surface area contributed by atoms with Gasteiger partial charge in [-0.2, -0.15) is 5.26 Å². The number of hydrogen-bond acceptors (Lipinski definition) is 6. The number of nitro benzene ring substituents is 1. The number of aromatic nitrogens is 2. The fraction of sp³-hybridized carbons (Fsp3) is 0. The number of ether oxygens (including phenoxy) is 1. The van der Waals surface area contributed by atoms with Crippen molar-refractivity contribution < 1.29 is 14.1 Å². The summed E-state index contributed by atoms with van der Waals surface area (Å²) in [6.45, 7) is 0. The van der Waals surface area contributed by atoms with Gasteiger partial charge in [-0.1, -0.05) is 0 Å². The first-order valence-corrected chi connectivity index (χ1v) is 5.84. The Kier molecular flexibility index (Phi) is 3.86. The highest BCUT2D eigenvalue weighted by Crippen LogP contribution is 2.35. The Morgan fingerprint density at radius 1 is 1.40 bits per heavy atom. The molecule has 0 saturated carbocycles. The van der Waals surface area contributed by atoms with Gasteiger partial charge in [-0.05, 0) is 15.9 Å². The minimum absolute atomic E-state index is 0.0730. The van der Waals surface area contributed by atoms with Crippen LogP contribution >= 0.6 is 15.9 Å². The van der Waals surface area contributed by atoms with Gasteiger partial charge in [0, 0.05) is 24.5 Å². The molecule has 0 saturated heterocycles. The molecule has 0 radical (unpaired) electrons. The normalized spacial score (nSPS) is 9.85. The van der Waals surface area contributed by atoms with Crippen LogP contribution < -0.4 is 4.74 Å². The molecule has 2 aromatic rings. The summed E-state index contributed by atoms with van der Waals surface area (Å²) >= 11 is 2.85. The third kappa shape index (κ3) is 2.70. The molecule has 0 spiro atoms. The van der Waals surface area contributed by atoms with E-state index in [0.29, 0.717) is 0 Å². The maximum atomic E-state index is 13.5. The molecule has 0 unspecified atom stereocenters. The average Bonchev–Trinajstić information content (AvgIpc) is 2.43. The highest BCUT2D eigenvalue weighted by atomic mass is 79.9. The third-order valence-electron chi connectivity index (χ3n) is 2.18. The van der Waals surface area contributed by atoms with Gasteiger partial charge in [0.05, 0.1) is 9.40 Å². The van der Waals surface area contributed by atoms with Gasteiger partial charge in [0.1, 0.15) is 11.9 Å². The lowest BCUT2D eigenvalue weighted by molar-refractivity contribution is -0.385. The fourth-order valence-corrected chi connectivity index (χ4v) is 1.65. The van der Waals surface area contributed by atoms with Gasteiger partial charge in [0.2, 0.25) is 11.4 Å². The molecule has 0 fully saturated rings. The van der Waals surface area contributed by atoms with Crippen molar-refractivity contribution in [2.24, 2.45) is 0 Å². The van der Waals surface area contributed by atoms with Crippen molar-refractivity contribution in [3.8, 4) is 17.7 Å². The summed E-state index contributed by atoms with van der Waals surface area (Å²) in [5, 5.41) is 19.7. The van der Waals surface area contributed by atoms with E-state index in [1.54, 1.807) is 6.07 Å². The van der Waals surface area contributed by atoms with Gasteiger partial charge in [-0.25, -0.2) is 14.4 Å². The molecule has 0 atom stereocenters. The Morgan fingerprint density at radius 3 is 2.75 bits per heavy atom. The molecule has 0 amide bonds. The zero-order chi connectivity index (χ0) is 14.7. The summed E-state index contributed by atoms with van der Waals surface area (Å²) < 4.78 is 18.5. The predicted octanol–water partition coefficient (Wildman–Crippen LogP) is 2.95. The molecule has 0 aliphatic carbocycles. The van der Waals surface area contributed by atoms with E-state index in [4.69, 9.17) is 10.00 Å². The standard InChI is InChI=1S/C11H4BrFN4O3/c12-6-3-9(17(18)19)10(4-7(6)13)20-11-8(5-14)15-1-2-16-11/h1-4H. The van der Waals surface area contributed by atoms with Crippen LogP contribution in [0, 0.1) is 27.3 Å². The summed E-state index contributed by atoms with van der Waals surface area (Å²) in [5.74, 6) is -1.35. The summed E-state index contributed by atoms with van der Waals surface area (Å²) in [5.41, 5.74) is -0.627. The highest BCUT2D eigenvalue weighted by molar-refractivity contribution is 9.10. The number of nitrogens with zero attached hydrogens (tertiary/aromatic N) is 4. The van der Waals surface area contributed by atoms with Gasteiger partial charge in [-0.15, -0.1) is 0 Å². The van der Waals surface area contributed by atoms with Crippen LogP contribution in [-0.4, -0.2) is 14.9 Å². The second-order valence-corrected chi connectivity index (χ2v) is 4.27. The molecule has 1 aromatic carbocycles. The number of halogens is 2. The van der Waals surface area contributed by atoms with Crippen LogP contribution in [0.25, 0.3) is 0 Å². The van der Waals surface area contributed by atoms with Gasteiger partial charge in [-0.3, -0.25) is 10.1 Å². The minimum Gasteiger partial charge on any atom is -0.429 e. The Labute approximate surface area is 119 Å². The zero-order valence-electron chi connectivity index (χ0n) is 9.58. The molecule has 9 heteroatoms. The van der Waals surface area contributed by atoms with Crippen molar-refractivity contribution in [2.45, 2.75) is 0 Å². The van der Waals surface area contributed by atoms with Crippen molar-refractivity contribution in [3.63, 3.8) is 0 Å². The first-order chi connectivity index (χ1) is 9.52. The molecule has 100 valence electrons. The molecule has 7 nitrogen and oxygen atoms in total. The number of hydrogen-bond donors (Lipinski definition) is 0. The van der Waals surface area contributed by atoms with Gasteiger partial charge in [0.25, 0.3) is 5.88 Å². The lowest BCUT2D eigenvalue weighted by Crippen LogP contribution is -1.98. The average molecular weight is 339 g/mol. The zero-order valence-corrected chi connectivity index (χ0v) is 11.2. The van der Waals surface area contributed by atoms with E-state index >= 15 is 0 Å². The van der Waals surface area contributed by atoms with Crippen LogP contribution in [-0.2, 0) is 0 Å². The SMILES string of the molecule is N#Cc1nccnc1Oc1cc(F)c(Br)cc1[N+](=O)[O-]. The first kappa shape index (κ1) is 13.8. The molecular weight excluding hydrogens is 335 g/mol. The molecular formula is C11H4BrFN4O3. The van der Waals surface area contributed by atoms with Crippen molar-refractivity contribution >= 4 is 21.6 Å². The summed E-state index contributed by atoms with van der Waals surface area (Å²) in [7, 11) is 0. The molecule has 0 bridgehead atoms. The fourth-order valence-electron chi connectivity index (χ4n) is 1.32. The quantitative estimate of drug-likeness (QED) is 0.629. The molecule has 0 aliphatic heterocycles. The van der Waals surface area contributed by atoms with Crippen LogP contribution in [0.1, 0.15) is 5.69 Å². The Balaban J connectivity index is 2.51. The van der Waals surface area contributed by atoms with Crippen LogP contribution in [0.3, 0.4) is 0 Å². The summed E-state index contributed by atoms with van der Waals surface area (Å²) in [6.07, 6.45) is 2.51. The molecule has 1 aromatic heterocycles. The van der Waals surface area contributed by atoms with E-state index in [1.165, 1.54) is 12.4 Å². The van der Waals surface area contributed by atoms with E-state index in [9.17, 15) is 14.5 Å². The third-order valence-corrected chi connectivity index (χ3v) is 2.78. The van der Waals surface area contributed by atoms with E-state index in [2.05, 4.69) is 25.9 Å². The largest absolute Gasteiger partial charge is 0.429 e. The molecule has 0 N–H and O–H groups in total. The minimum atomic E-state index is -0.743. The molecule has 0 aliphatic rings. The highest BCUT2D eigenvalue weighted by Gasteiger charge is 2.21. The smallest absolute Gasteiger partial charge is 0.312 e. The Morgan fingerprint density at radius 2 is 2.10 bits per heavy atom. The second kappa shape index (κ2) is 5.58. The molecule has 1 heterocycles. The predicted molar refractivity (Wildman–Crippen MR) is 67.6 cm³/mol. The number of benzene rings is 1. The molecule has 2 rings (SSSR count). The van der Waals surface area contributed by atoms with E-state index in [-0.39, 0.29) is 21.8 Å². The monoisotopic (exact) mass is 338 g/mol. The number of nitriles is 1. The van der Waals surface area contributed by atoms with Crippen molar-refractivity contribution in [1.29, 1.82) is 5.26 Å². The summed E-state index contributed by atoms with van der Waals surface area (Å²) in [4.78, 5) is 17.6. The maximum absolute atomic E-state index is 13.5. The Hall–Kier alpha value is -2.60. The Bertz CT molecular complexity index is 732. The lowest BCUT2D eigenvalue weighted by Gasteiger charge is -2.06. The van der Waals surface area contributed by atoms with E-state index < -0.39 is 16.4 Å². The van der Waals surface area contributed by atoms with Gasteiger partial charge in [0.15, 0.2) is 0 Å². The van der Waals surface area contributed by atoms with Crippen LogP contribution in [0.5, 0.6) is 11.6 Å².